The Balaban J connectivity index is 3.79. The molecule has 0 N–H and O–H groups in total. The average Bonchev–Trinajstić information content (AvgIpc) is 1.88. The maximum Gasteiger partial charge on any atom is 0.158 e. The average molecular weight is 247 g/mol. The number of rotatable bonds is 6. The van der Waals surface area contributed by atoms with Gasteiger partial charge in [-0.05, 0) is 35.4 Å². The van der Waals surface area contributed by atoms with E-state index in [9.17, 15) is 0 Å². The van der Waals surface area contributed by atoms with Crippen LogP contribution in [0.15, 0.2) is 0 Å². The first kappa shape index (κ1) is 12.6. The smallest absolute Gasteiger partial charge is 0.158 e. The van der Waals surface area contributed by atoms with Gasteiger partial charge in [-0.15, -0.1) is 0 Å². The van der Waals surface area contributed by atoms with Crippen molar-refractivity contribution in [3.63, 3.8) is 0 Å². The zero-order valence-electron chi connectivity index (χ0n) is 6.46. The lowest BCUT2D eigenvalue weighted by molar-refractivity contribution is 1.25. The van der Waals surface area contributed by atoms with Crippen LogP contribution in [0, 0.1) is 0 Å². The fraction of sp³-hybridized carbons (Fsp3) is 1.00. The lowest BCUT2D eigenvalue weighted by Crippen LogP contribution is -2.28. The molecule has 0 fully saturated rings. The van der Waals surface area contributed by atoms with Crippen LogP contribution in [0.5, 0.6) is 0 Å². The molecule has 0 aliphatic rings. The van der Waals surface area contributed by atoms with E-state index in [2.05, 4.69) is 37.9 Å². The molecular weight excluding hydrogens is 232 g/mol. The molecule has 0 aromatic heterocycles. The van der Waals surface area contributed by atoms with Gasteiger partial charge in [0.15, 0.2) is 7.38 Å². The van der Waals surface area contributed by atoms with E-state index in [1.165, 1.54) is 0 Å². The van der Waals surface area contributed by atoms with Gasteiger partial charge in [0.05, 0.1) is 0 Å². The molecule has 0 heterocycles. The zero-order chi connectivity index (χ0) is 8.74. The lowest BCUT2D eigenvalue weighted by Gasteiger charge is -2.21. The van der Waals surface area contributed by atoms with Crippen molar-refractivity contribution in [1.82, 2.24) is 0 Å². The Morgan fingerprint density at radius 1 is 0.818 bits per heavy atom. The standard InChI is InChI=1S/C6H15ClS3Si/c7-11(4-1-8,5-2-9)6-3-10/h8-10H,1-6H2. The van der Waals surface area contributed by atoms with Crippen LogP contribution in [-0.2, 0) is 0 Å². The molecule has 0 aliphatic heterocycles. The molecule has 0 saturated carbocycles. The molecule has 68 valence electrons. The molecule has 0 bridgehead atoms. The van der Waals surface area contributed by atoms with Gasteiger partial charge in [0, 0.05) is 0 Å². The highest BCUT2D eigenvalue weighted by Gasteiger charge is 2.27. The highest BCUT2D eigenvalue weighted by atomic mass is 35.6. The van der Waals surface area contributed by atoms with Gasteiger partial charge in [0.2, 0.25) is 0 Å². The Morgan fingerprint density at radius 3 is 1.27 bits per heavy atom. The third kappa shape index (κ3) is 5.74. The number of hydrogen-bond acceptors (Lipinski definition) is 3. The molecule has 0 nitrogen and oxygen atoms in total. The highest BCUT2D eigenvalue weighted by molar-refractivity contribution is 7.81. The summed E-state index contributed by atoms with van der Waals surface area (Å²) in [6.45, 7) is 0. The lowest BCUT2D eigenvalue weighted by atomic mass is 10.9. The largest absolute Gasteiger partial charge is 0.180 e. The van der Waals surface area contributed by atoms with E-state index in [-0.39, 0.29) is 0 Å². The van der Waals surface area contributed by atoms with Crippen molar-refractivity contribution in [1.29, 1.82) is 0 Å². The number of thiol groups is 3. The van der Waals surface area contributed by atoms with Gasteiger partial charge in [0.25, 0.3) is 0 Å². The van der Waals surface area contributed by atoms with Crippen molar-refractivity contribution in [2.75, 3.05) is 17.3 Å². The maximum absolute atomic E-state index is 6.43. The van der Waals surface area contributed by atoms with Gasteiger partial charge in [-0.3, -0.25) is 0 Å². The van der Waals surface area contributed by atoms with E-state index in [0.717, 1.165) is 35.4 Å². The predicted molar refractivity (Wildman–Crippen MR) is 67.6 cm³/mol. The zero-order valence-corrected chi connectivity index (χ0v) is 10.9. The summed E-state index contributed by atoms with van der Waals surface area (Å²) in [5.74, 6) is 2.70. The van der Waals surface area contributed by atoms with E-state index in [4.69, 9.17) is 11.1 Å². The van der Waals surface area contributed by atoms with Crippen LogP contribution >= 0.6 is 49.0 Å². The van der Waals surface area contributed by atoms with Crippen LogP contribution in [0.3, 0.4) is 0 Å². The molecule has 0 spiro atoms. The highest BCUT2D eigenvalue weighted by Crippen LogP contribution is 2.26. The van der Waals surface area contributed by atoms with Gasteiger partial charge in [-0.2, -0.15) is 49.0 Å². The predicted octanol–water partition coefficient (Wildman–Crippen LogP) is 2.96. The van der Waals surface area contributed by atoms with Crippen LogP contribution in [-0.4, -0.2) is 24.6 Å². The first-order chi connectivity index (χ1) is 5.18. The molecule has 0 aromatic carbocycles. The van der Waals surface area contributed by atoms with Crippen LogP contribution in [0.25, 0.3) is 0 Å². The summed E-state index contributed by atoms with van der Waals surface area (Å²) in [7, 11) is -1.51. The molecule has 0 aliphatic carbocycles. The molecule has 0 aromatic rings. The van der Waals surface area contributed by atoms with Crippen molar-refractivity contribution in [3.05, 3.63) is 0 Å². The van der Waals surface area contributed by atoms with Crippen molar-refractivity contribution >= 4 is 56.3 Å². The first-order valence-electron chi connectivity index (χ1n) is 3.70. The van der Waals surface area contributed by atoms with Crippen LogP contribution in [0.2, 0.25) is 18.1 Å². The molecule has 0 rings (SSSR count). The summed E-state index contributed by atoms with van der Waals surface area (Å²) in [5, 5.41) is 0. The monoisotopic (exact) mass is 246 g/mol. The van der Waals surface area contributed by atoms with Crippen molar-refractivity contribution < 1.29 is 0 Å². The van der Waals surface area contributed by atoms with Crippen molar-refractivity contribution in [2.24, 2.45) is 0 Å². The van der Waals surface area contributed by atoms with Gasteiger partial charge in [-0.25, -0.2) is 0 Å². The van der Waals surface area contributed by atoms with E-state index in [0.29, 0.717) is 0 Å². The summed E-state index contributed by atoms with van der Waals surface area (Å²) in [6.07, 6.45) is 0. The Kier molecular flexibility index (Phi) is 8.00. The third-order valence-electron chi connectivity index (χ3n) is 1.68. The second-order valence-electron chi connectivity index (χ2n) is 2.57. The minimum absolute atomic E-state index is 0.900. The summed E-state index contributed by atoms with van der Waals surface area (Å²) in [5.41, 5.74) is 0. The molecule has 0 unspecified atom stereocenters. The summed E-state index contributed by atoms with van der Waals surface area (Å²) in [6, 6.07) is 3.25. The summed E-state index contributed by atoms with van der Waals surface area (Å²) >= 11 is 19.0. The molecule has 11 heavy (non-hydrogen) atoms. The fourth-order valence-electron chi connectivity index (χ4n) is 0.976. The molecule has 0 saturated heterocycles. The Hall–Kier alpha value is 1.56. The van der Waals surface area contributed by atoms with Crippen molar-refractivity contribution in [3.8, 4) is 0 Å². The Bertz CT molecular complexity index is 84.8. The third-order valence-corrected chi connectivity index (χ3v) is 8.75. The normalized spacial score (nSPS) is 12.0. The summed E-state index contributed by atoms with van der Waals surface area (Å²) in [4.78, 5) is 0. The minimum atomic E-state index is -1.51. The van der Waals surface area contributed by atoms with E-state index in [1.807, 2.05) is 0 Å². The van der Waals surface area contributed by atoms with Gasteiger partial charge < -0.3 is 0 Å². The first-order valence-corrected chi connectivity index (χ1v) is 9.23. The number of hydrogen-bond donors (Lipinski definition) is 3. The molecule has 5 heteroatoms. The topological polar surface area (TPSA) is 0 Å². The Labute approximate surface area is 91.4 Å². The van der Waals surface area contributed by atoms with Gasteiger partial charge in [0.1, 0.15) is 0 Å². The van der Waals surface area contributed by atoms with Crippen LogP contribution in [0.1, 0.15) is 0 Å². The summed E-state index contributed by atoms with van der Waals surface area (Å²) < 4.78 is 0. The molecule has 0 atom stereocenters. The number of halogens is 1. The van der Waals surface area contributed by atoms with E-state index in [1.54, 1.807) is 0 Å². The maximum atomic E-state index is 6.43. The van der Waals surface area contributed by atoms with Gasteiger partial charge >= 0.3 is 0 Å². The quantitative estimate of drug-likeness (QED) is 0.358. The van der Waals surface area contributed by atoms with E-state index >= 15 is 0 Å². The van der Waals surface area contributed by atoms with Crippen molar-refractivity contribution in [2.45, 2.75) is 18.1 Å². The van der Waals surface area contributed by atoms with Gasteiger partial charge in [-0.1, -0.05) is 0 Å². The SMILES string of the molecule is SCC[Si](Cl)(CCS)CCS. The molecule has 0 amide bonds. The van der Waals surface area contributed by atoms with E-state index < -0.39 is 7.38 Å². The fourth-order valence-corrected chi connectivity index (χ4v) is 8.82. The second-order valence-corrected chi connectivity index (χ2v) is 10.1. The molecular formula is C6H15ClS3Si. The molecule has 0 radical (unpaired) electrons. The van der Waals surface area contributed by atoms with Crippen LogP contribution < -0.4 is 0 Å². The minimum Gasteiger partial charge on any atom is -0.180 e. The van der Waals surface area contributed by atoms with Crippen LogP contribution in [0.4, 0.5) is 0 Å². The second kappa shape index (κ2) is 7.01. The Morgan fingerprint density at radius 2 is 1.09 bits per heavy atom.